The van der Waals surface area contributed by atoms with Crippen molar-refractivity contribution in [2.45, 2.75) is 6.92 Å². The lowest BCUT2D eigenvalue weighted by molar-refractivity contribution is -0.114. The van der Waals surface area contributed by atoms with Crippen LogP contribution in [0, 0.1) is 0 Å². The van der Waals surface area contributed by atoms with Crippen molar-refractivity contribution in [2.24, 2.45) is 0 Å². The van der Waals surface area contributed by atoms with Gasteiger partial charge in [0, 0.05) is 28.5 Å². The number of amides is 2. The minimum absolute atomic E-state index is 0.130. The molecule has 0 bridgehead atoms. The highest BCUT2D eigenvalue weighted by molar-refractivity contribution is 6.30. The van der Waals surface area contributed by atoms with Crippen LogP contribution in [0.1, 0.15) is 17.3 Å². The van der Waals surface area contributed by atoms with Gasteiger partial charge in [0.1, 0.15) is 0 Å². The number of carbonyl (C=O) groups excluding carboxylic acids is 2. The highest BCUT2D eigenvalue weighted by Gasteiger charge is 2.05. The molecule has 2 rings (SSSR count). The van der Waals surface area contributed by atoms with Gasteiger partial charge in [0.2, 0.25) is 5.91 Å². The van der Waals surface area contributed by atoms with Gasteiger partial charge >= 0.3 is 0 Å². The number of hydrogen-bond acceptors (Lipinski definition) is 3. The maximum absolute atomic E-state index is 11.9. The van der Waals surface area contributed by atoms with Gasteiger partial charge in [-0.05, 0) is 55.5 Å². The molecule has 0 aliphatic carbocycles. The summed E-state index contributed by atoms with van der Waals surface area (Å²) in [6.07, 6.45) is 0. The predicted molar refractivity (Wildman–Crippen MR) is 93.0 cm³/mol. The third-order valence-electron chi connectivity index (χ3n) is 3.07. The highest BCUT2D eigenvalue weighted by Crippen LogP contribution is 2.13. The second kappa shape index (κ2) is 8.19. The van der Waals surface area contributed by atoms with E-state index in [9.17, 15) is 9.59 Å². The van der Waals surface area contributed by atoms with Gasteiger partial charge in [0.25, 0.3) is 5.91 Å². The van der Waals surface area contributed by atoms with Crippen LogP contribution in [0.4, 0.5) is 11.4 Å². The van der Waals surface area contributed by atoms with E-state index in [2.05, 4.69) is 16.0 Å². The molecule has 0 spiro atoms. The first kappa shape index (κ1) is 16.8. The van der Waals surface area contributed by atoms with Gasteiger partial charge in [0.15, 0.2) is 0 Å². The van der Waals surface area contributed by atoms with Crippen molar-refractivity contribution in [3.63, 3.8) is 0 Å². The van der Waals surface area contributed by atoms with Gasteiger partial charge in [-0.3, -0.25) is 9.59 Å². The van der Waals surface area contributed by atoms with Crippen molar-refractivity contribution in [1.29, 1.82) is 0 Å². The van der Waals surface area contributed by atoms with Crippen LogP contribution in [0.3, 0.4) is 0 Å². The fourth-order valence-electron chi connectivity index (χ4n) is 1.92. The molecular weight excluding hydrogens is 314 g/mol. The molecule has 3 N–H and O–H groups in total. The first-order chi connectivity index (χ1) is 11.1. The van der Waals surface area contributed by atoms with Gasteiger partial charge in [0.05, 0.1) is 6.54 Å². The Balaban J connectivity index is 1.85. The summed E-state index contributed by atoms with van der Waals surface area (Å²) < 4.78 is 0. The van der Waals surface area contributed by atoms with Crippen LogP contribution in [0.15, 0.2) is 48.5 Å². The van der Waals surface area contributed by atoms with Crippen molar-refractivity contribution in [3.05, 3.63) is 59.1 Å². The van der Waals surface area contributed by atoms with E-state index in [1.807, 2.05) is 6.92 Å². The normalized spacial score (nSPS) is 10.0. The van der Waals surface area contributed by atoms with E-state index >= 15 is 0 Å². The first-order valence-corrected chi connectivity index (χ1v) is 7.64. The Morgan fingerprint density at radius 3 is 2.17 bits per heavy atom. The summed E-state index contributed by atoms with van der Waals surface area (Å²) >= 11 is 5.80. The zero-order valence-electron chi connectivity index (χ0n) is 12.7. The summed E-state index contributed by atoms with van der Waals surface area (Å²) in [5, 5.41) is 9.13. The van der Waals surface area contributed by atoms with Crippen molar-refractivity contribution in [1.82, 2.24) is 5.32 Å². The smallest absolute Gasteiger partial charge is 0.251 e. The van der Waals surface area contributed by atoms with Crippen LogP contribution in [-0.2, 0) is 4.79 Å². The van der Waals surface area contributed by atoms with E-state index in [0.717, 1.165) is 5.69 Å². The van der Waals surface area contributed by atoms with E-state index in [0.29, 0.717) is 22.8 Å². The average Bonchev–Trinajstić information content (AvgIpc) is 2.55. The Kier molecular flexibility index (Phi) is 6.00. The summed E-state index contributed by atoms with van der Waals surface area (Å²) in [6, 6.07) is 13.9. The fourth-order valence-corrected chi connectivity index (χ4v) is 2.05. The number of halogens is 1. The third kappa shape index (κ3) is 5.30. The zero-order chi connectivity index (χ0) is 16.7. The first-order valence-electron chi connectivity index (χ1n) is 7.26. The van der Waals surface area contributed by atoms with Crippen molar-refractivity contribution in [3.8, 4) is 0 Å². The molecule has 120 valence electrons. The molecule has 6 heteroatoms. The Bertz CT molecular complexity index is 669. The summed E-state index contributed by atoms with van der Waals surface area (Å²) in [5.41, 5.74) is 2.02. The van der Waals surface area contributed by atoms with Crippen LogP contribution in [0.5, 0.6) is 0 Å². The summed E-state index contributed by atoms with van der Waals surface area (Å²) in [6.45, 7) is 2.58. The topological polar surface area (TPSA) is 70.2 Å². The van der Waals surface area contributed by atoms with Crippen molar-refractivity contribution < 1.29 is 9.59 Å². The molecule has 0 aliphatic heterocycles. The largest absolute Gasteiger partial charge is 0.376 e. The van der Waals surface area contributed by atoms with E-state index in [4.69, 9.17) is 11.6 Å². The fraction of sp³-hybridized carbons (Fsp3) is 0.176. The number of benzene rings is 2. The maximum atomic E-state index is 11.9. The van der Waals surface area contributed by atoms with E-state index < -0.39 is 0 Å². The Morgan fingerprint density at radius 1 is 0.957 bits per heavy atom. The molecule has 0 aromatic heterocycles. The molecule has 0 aliphatic rings. The molecule has 2 amide bonds. The molecule has 5 nitrogen and oxygen atoms in total. The number of carbonyl (C=O) groups is 2. The van der Waals surface area contributed by atoms with E-state index in [1.165, 1.54) is 0 Å². The maximum Gasteiger partial charge on any atom is 0.251 e. The quantitative estimate of drug-likeness (QED) is 0.761. The highest BCUT2D eigenvalue weighted by atomic mass is 35.5. The molecule has 0 radical (unpaired) electrons. The van der Waals surface area contributed by atoms with Gasteiger partial charge in [-0.2, -0.15) is 0 Å². The minimum atomic E-state index is -0.175. The molecule has 0 atom stereocenters. The molecule has 23 heavy (non-hydrogen) atoms. The van der Waals surface area contributed by atoms with Crippen molar-refractivity contribution in [2.75, 3.05) is 23.7 Å². The number of anilines is 2. The molecule has 2 aromatic rings. The number of rotatable bonds is 6. The molecule has 0 saturated heterocycles. The molecule has 0 saturated carbocycles. The Labute approximate surface area is 140 Å². The van der Waals surface area contributed by atoms with Gasteiger partial charge < -0.3 is 16.0 Å². The van der Waals surface area contributed by atoms with E-state index in [1.54, 1.807) is 48.5 Å². The number of nitrogens with one attached hydrogen (secondary N) is 3. The molecular formula is C17H18ClN3O2. The standard InChI is InChI=1S/C17H18ClN3O2/c1-2-19-17(23)12-3-7-15(8-4-12)21-16(22)11-20-14-9-5-13(18)6-10-14/h3-10,20H,2,11H2,1H3,(H,19,23)(H,21,22). The lowest BCUT2D eigenvalue weighted by Crippen LogP contribution is -2.23. The summed E-state index contributed by atoms with van der Waals surface area (Å²) in [4.78, 5) is 23.5. The monoisotopic (exact) mass is 331 g/mol. The second-order valence-corrected chi connectivity index (χ2v) is 5.28. The second-order valence-electron chi connectivity index (χ2n) is 4.85. The van der Waals surface area contributed by atoms with Gasteiger partial charge in [-0.1, -0.05) is 11.6 Å². The van der Waals surface area contributed by atoms with Gasteiger partial charge in [-0.15, -0.1) is 0 Å². The predicted octanol–water partition coefficient (Wildman–Crippen LogP) is 3.14. The van der Waals surface area contributed by atoms with Crippen LogP contribution in [0.2, 0.25) is 5.02 Å². The molecule has 0 heterocycles. The molecule has 0 unspecified atom stereocenters. The lowest BCUT2D eigenvalue weighted by atomic mass is 10.2. The van der Waals surface area contributed by atoms with Crippen LogP contribution in [-0.4, -0.2) is 24.9 Å². The van der Waals surface area contributed by atoms with Crippen LogP contribution < -0.4 is 16.0 Å². The molecule has 0 fully saturated rings. The van der Waals surface area contributed by atoms with E-state index in [-0.39, 0.29) is 18.4 Å². The van der Waals surface area contributed by atoms with Gasteiger partial charge in [-0.25, -0.2) is 0 Å². The Morgan fingerprint density at radius 2 is 1.57 bits per heavy atom. The minimum Gasteiger partial charge on any atom is -0.376 e. The Hall–Kier alpha value is -2.53. The zero-order valence-corrected chi connectivity index (χ0v) is 13.5. The SMILES string of the molecule is CCNC(=O)c1ccc(NC(=O)CNc2ccc(Cl)cc2)cc1. The summed E-state index contributed by atoms with van der Waals surface area (Å²) in [5.74, 6) is -0.305. The lowest BCUT2D eigenvalue weighted by Gasteiger charge is -2.08. The number of hydrogen-bond donors (Lipinski definition) is 3. The van der Waals surface area contributed by atoms with Crippen LogP contribution >= 0.6 is 11.6 Å². The molecule has 2 aromatic carbocycles. The summed E-state index contributed by atoms with van der Waals surface area (Å²) in [7, 11) is 0. The van der Waals surface area contributed by atoms with Crippen molar-refractivity contribution >= 4 is 34.8 Å². The third-order valence-corrected chi connectivity index (χ3v) is 3.32. The van der Waals surface area contributed by atoms with Crippen LogP contribution in [0.25, 0.3) is 0 Å². The average molecular weight is 332 g/mol.